The number of pyridine rings is 1. The number of aromatic carboxylic acids is 1. The number of aryl methyl sites for hydroxylation is 1. The molecule has 0 fully saturated rings. The fourth-order valence-electron chi connectivity index (χ4n) is 1.70. The molecule has 0 atom stereocenters. The average Bonchev–Trinajstić information content (AvgIpc) is 2.21. The summed E-state index contributed by atoms with van der Waals surface area (Å²) in [5.41, 5.74) is 0.0866. The van der Waals surface area contributed by atoms with Gasteiger partial charge in [0, 0.05) is 28.0 Å². The molecule has 0 bridgehead atoms. The highest BCUT2D eigenvalue weighted by atomic mass is 79.9. The molecule has 1 N–H and O–H groups in total. The first-order chi connectivity index (χ1) is 7.91. The molecular formula is C11H7BrClNO3. The van der Waals surface area contributed by atoms with Crippen molar-refractivity contribution in [2.24, 2.45) is 7.05 Å². The topological polar surface area (TPSA) is 59.3 Å². The summed E-state index contributed by atoms with van der Waals surface area (Å²) in [4.78, 5) is 22.7. The number of fused-ring (bicyclic) bond motifs is 1. The molecule has 2 aromatic rings. The maximum Gasteiger partial charge on any atom is 0.336 e. The number of hydrogen-bond donors (Lipinski definition) is 1. The zero-order valence-electron chi connectivity index (χ0n) is 8.70. The van der Waals surface area contributed by atoms with E-state index in [1.54, 1.807) is 13.1 Å². The molecular weight excluding hydrogens is 309 g/mol. The summed E-state index contributed by atoms with van der Waals surface area (Å²) < 4.78 is 1.96. The third-order valence-electron chi connectivity index (χ3n) is 2.48. The van der Waals surface area contributed by atoms with E-state index in [1.807, 2.05) is 0 Å². The number of hydrogen-bond acceptors (Lipinski definition) is 2. The van der Waals surface area contributed by atoms with E-state index in [9.17, 15) is 9.59 Å². The zero-order valence-corrected chi connectivity index (χ0v) is 11.0. The minimum atomic E-state index is -1.15. The van der Waals surface area contributed by atoms with Gasteiger partial charge in [0.1, 0.15) is 0 Å². The molecule has 1 aromatic heterocycles. The Morgan fingerprint density at radius 2 is 2.06 bits per heavy atom. The number of halogens is 2. The minimum absolute atomic E-state index is 0.0497. The third-order valence-corrected chi connectivity index (χ3v) is 3.31. The summed E-state index contributed by atoms with van der Waals surface area (Å²) in [5.74, 6) is -1.15. The van der Waals surface area contributed by atoms with Crippen LogP contribution in [0.2, 0.25) is 5.02 Å². The second-order valence-corrected chi connectivity index (χ2v) is 4.83. The van der Waals surface area contributed by atoms with Crippen molar-refractivity contribution in [2.75, 3.05) is 0 Å². The van der Waals surface area contributed by atoms with Crippen LogP contribution in [-0.2, 0) is 7.05 Å². The van der Waals surface area contributed by atoms with Crippen molar-refractivity contribution in [1.82, 2.24) is 4.57 Å². The highest BCUT2D eigenvalue weighted by Gasteiger charge is 2.15. The average molecular weight is 317 g/mol. The van der Waals surface area contributed by atoms with Gasteiger partial charge < -0.3 is 9.67 Å². The lowest BCUT2D eigenvalue weighted by Gasteiger charge is -2.09. The first-order valence-corrected chi connectivity index (χ1v) is 5.81. The summed E-state index contributed by atoms with van der Waals surface area (Å²) in [6, 6.07) is 4.24. The maximum absolute atomic E-state index is 11.6. The van der Waals surface area contributed by atoms with Crippen LogP contribution in [0.15, 0.2) is 27.5 Å². The predicted molar refractivity (Wildman–Crippen MR) is 68.9 cm³/mol. The van der Waals surface area contributed by atoms with E-state index < -0.39 is 5.97 Å². The molecule has 0 unspecified atom stereocenters. The van der Waals surface area contributed by atoms with Crippen LogP contribution in [0.25, 0.3) is 10.9 Å². The van der Waals surface area contributed by atoms with Crippen molar-refractivity contribution in [3.05, 3.63) is 43.6 Å². The molecule has 17 heavy (non-hydrogen) atoms. The molecule has 0 aliphatic rings. The van der Waals surface area contributed by atoms with Crippen molar-refractivity contribution in [3.8, 4) is 0 Å². The van der Waals surface area contributed by atoms with Gasteiger partial charge >= 0.3 is 5.97 Å². The van der Waals surface area contributed by atoms with Crippen LogP contribution in [0, 0.1) is 0 Å². The van der Waals surface area contributed by atoms with Gasteiger partial charge in [0.2, 0.25) is 0 Å². The first kappa shape index (κ1) is 12.1. The van der Waals surface area contributed by atoms with Crippen molar-refractivity contribution in [2.45, 2.75) is 0 Å². The van der Waals surface area contributed by atoms with Crippen LogP contribution in [0.5, 0.6) is 0 Å². The van der Waals surface area contributed by atoms with Gasteiger partial charge in [0.15, 0.2) is 0 Å². The van der Waals surface area contributed by atoms with E-state index in [1.165, 1.54) is 10.6 Å². The van der Waals surface area contributed by atoms with Crippen LogP contribution < -0.4 is 5.56 Å². The fourth-order valence-corrected chi connectivity index (χ4v) is 2.77. The second kappa shape index (κ2) is 4.16. The molecule has 0 aliphatic carbocycles. The van der Waals surface area contributed by atoms with Crippen molar-refractivity contribution in [1.29, 1.82) is 0 Å². The Kier molecular flexibility index (Phi) is 2.97. The fraction of sp³-hybridized carbons (Fsp3) is 0.0909. The standard InChI is InChI=1S/C11H7BrClNO3/c1-14-9(15)4-7(11(16)17)6-2-5(13)3-8(12)10(6)14/h2-4H,1H3,(H,16,17). The Morgan fingerprint density at radius 1 is 1.41 bits per heavy atom. The second-order valence-electron chi connectivity index (χ2n) is 3.54. The van der Waals surface area contributed by atoms with Gasteiger partial charge in [-0.3, -0.25) is 4.79 Å². The number of carboxylic acid groups (broad SMARTS) is 1. The summed E-state index contributed by atoms with van der Waals surface area (Å²) in [6.07, 6.45) is 0. The Hall–Kier alpha value is -1.33. The summed E-state index contributed by atoms with van der Waals surface area (Å²) >= 11 is 9.16. The van der Waals surface area contributed by atoms with Crippen LogP contribution in [0.4, 0.5) is 0 Å². The van der Waals surface area contributed by atoms with Crippen LogP contribution >= 0.6 is 27.5 Å². The lowest BCUT2D eigenvalue weighted by Crippen LogP contribution is -2.19. The highest BCUT2D eigenvalue weighted by Crippen LogP contribution is 2.29. The lowest BCUT2D eigenvalue weighted by atomic mass is 10.1. The summed E-state index contributed by atoms with van der Waals surface area (Å²) in [7, 11) is 1.58. The molecule has 0 saturated heterocycles. The minimum Gasteiger partial charge on any atom is -0.478 e. The molecule has 0 amide bonds. The molecule has 4 nitrogen and oxygen atoms in total. The Balaban J connectivity index is 3.09. The van der Waals surface area contributed by atoms with E-state index in [-0.39, 0.29) is 11.1 Å². The molecule has 1 aromatic carbocycles. The number of benzene rings is 1. The molecule has 0 saturated carbocycles. The number of rotatable bonds is 1. The van der Waals surface area contributed by atoms with E-state index in [2.05, 4.69) is 15.9 Å². The highest BCUT2D eigenvalue weighted by molar-refractivity contribution is 9.10. The van der Waals surface area contributed by atoms with Gasteiger partial charge in [-0.05, 0) is 28.1 Å². The Bertz CT molecular complexity index is 693. The molecule has 0 spiro atoms. The van der Waals surface area contributed by atoms with Crippen LogP contribution in [-0.4, -0.2) is 15.6 Å². The Labute approximate surface area is 110 Å². The Morgan fingerprint density at radius 3 is 2.65 bits per heavy atom. The summed E-state index contributed by atoms with van der Waals surface area (Å²) in [5, 5.41) is 9.91. The van der Waals surface area contributed by atoms with E-state index in [0.29, 0.717) is 20.4 Å². The molecule has 2 rings (SSSR count). The first-order valence-electron chi connectivity index (χ1n) is 4.64. The summed E-state index contributed by atoms with van der Waals surface area (Å²) in [6.45, 7) is 0. The molecule has 88 valence electrons. The van der Waals surface area contributed by atoms with E-state index in [0.717, 1.165) is 6.07 Å². The quantitative estimate of drug-likeness (QED) is 0.880. The largest absolute Gasteiger partial charge is 0.478 e. The molecule has 0 radical (unpaired) electrons. The van der Waals surface area contributed by atoms with Gasteiger partial charge in [-0.1, -0.05) is 11.6 Å². The van der Waals surface area contributed by atoms with Gasteiger partial charge in [0.25, 0.3) is 5.56 Å². The van der Waals surface area contributed by atoms with E-state index in [4.69, 9.17) is 16.7 Å². The van der Waals surface area contributed by atoms with Crippen molar-refractivity contribution in [3.63, 3.8) is 0 Å². The number of carboxylic acids is 1. The van der Waals surface area contributed by atoms with Gasteiger partial charge in [-0.2, -0.15) is 0 Å². The van der Waals surface area contributed by atoms with Crippen LogP contribution in [0.1, 0.15) is 10.4 Å². The molecule has 0 aliphatic heterocycles. The number of nitrogens with zero attached hydrogens (tertiary/aromatic N) is 1. The van der Waals surface area contributed by atoms with Gasteiger partial charge in [-0.15, -0.1) is 0 Å². The molecule has 6 heteroatoms. The maximum atomic E-state index is 11.6. The predicted octanol–water partition coefficient (Wildman–Crippen LogP) is 2.65. The number of carbonyl (C=O) groups is 1. The number of aromatic nitrogens is 1. The van der Waals surface area contributed by atoms with Crippen LogP contribution in [0.3, 0.4) is 0 Å². The SMILES string of the molecule is Cn1c(=O)cc(C(=O)O)c2cc(Cl)cc(Br)c21. The van der Waals surface area contributed by atoms with Gasteiger partial charge in [-0.25, -0.2) is 4.79 Å². The van der Waals surface area contributed by atoms with Gasteiger partial charge in [0.05, 0.1) is 11.1 Å². The van der Waals surface area contributed by atoms with E-state index >= 15 is 0 Å². The third kappa shape index (κ3) is 1.96. The normalized spacial score (nSPS) is 10.8. The zero-order chi connectivity index (χ0) is 12.7. The van der Waals surface area contributed by atoms with Crippen molar-refractivity contribution < 1.29 is 9.90 Å². The molecule has 1 heterocycles. The lowest BCUT2D eigenvalue weighted by molar-refractivity contribution is 0.0699. The monoisotopic (exact) mass is 315 g/mol. The smallest absolute Gasteiger partial charge is 0.336 e. The van der Waals surface area contributed by atoms with Crippen molar-refractivity contribution >= 4 is 44.4 Å².